The van der Waals surface area contributed by atoms with Crippen LogP contribution in [0.3, 0.4) is 0 Å². The minimum atomic E-state index is -0.634. The van der Waals surface area contributed by atoms with E-state index in [4.69, 9.17) is 0 Å². The molecule has 1 aromatic rings. The summed E-state index contributed by atoms with van der Waals surface area (Å²) in [4.78, 5) is 20.6. The van der Waals surface area contributed by atoms with E-state index in [0.29, 0.717) is 0 Å². The number of Topliss-reactive ketones (excluding diaryl/α,β-unsaturated/α-hetero) is 1. The first-order valence-electron chi connectivity index (χ1n) is 2.99. The van der Waals surface area contributed by atoms with Crippen molar-refractivity contribution in [1.82, 2.24) is 0 Å². The fourth-order valence-corrected chi connectivity index (χ4v) is 0.682. The van der Waals surface area contributed by atoms with Crippen LogP contribution in [0.1, 0.15) is 11.8 Å². The van der Waals surface area contributed by atoms with Crippen molar-refractivity contribution in [3.63, 3.8) is 0 Å². The average Bonchev–Trinajstić information content (AvgIpc) is 2.05. The number of carbonyl (C=O) groups excluding carboxylic acids is 2. The zero-order valence-electron chi connectivity index (χ0n) is 7.58. The van der Waals surface area contributed by atoms with Gasteiger partial charge in [0.2, 0.25) is 5.78 Å². The van der Waals surface area contributed by atoms with Crippen LogP contribution in [0, 0.1) is 5.82 Å². The molecular weight excluding hydrogens is 170 g/mol. The van der Waals surface area contributed by atoms with Crippen LogP contribution in [-0.4, -0.2) is 12.1 Å². The Balaban J connectivity index is 0. The maximum atomic E-state index is 12.3. The zero-order chi connectivity index (χ0) is 8.27. The molecule has 0 spiro atoms. The van der Waals surface area contributed by atoms with Crippen LogP contribution >= 0.6 is 0 Å². The molecule has 58 valence electrons. The van der Waals surface area contributed by atoms with E-state index in [9.17, 15) is 14.0 Å². The minimum absolute atomic E-state index is 0. The second-order valence-corrected chi connectivity index (χ2v) is 1.99. The van der Waals surface area contributed by atoms with Gasteiger partial charge < -0.3 is 1.43 Å². The van der Waals surface area contributed by atoms with Crippen LogP contribution in [0.15, 0.2) is 24.3 Å². The Morgan fingerprint density at radius 1 is 1.33 bits per heavy atom. The van der Waals surface area contributed by atoms with Crippen LogP contribution < -0.4 is 29.6 Å². The van der Waals surface area contributed by atoms with E-state index in [1.165, 1.54) is 12.1 Å². The van der Waals surface area contributed by atoms with Gasteiger partial charge in [0.1, 0.15) is 5.82 Å². The van der Waals surface area contributed by atoms with Crippen molar-refractivity contribution in [1.29, 1.82) is 0 Å². The topological polar surface area (TPSA) is 34.1 Å². The molecule has 0 heterocycles. The first-order valence-corrected chi connectivity index (χ1v) is 2.99. The molecule has 0 aliphatic heterocycles. The monoisotopic (exact) mass is 176 g/mol. The number of halogens is 1. The number of rotatable bonds is 2. The van der Waals surface area contributed by atoms with E-state index < -0.39 is 11.6 Å². The molecule has 12 heavy (non-hydrogen) atoms. The summed E-state index contributed by atoms with van der Waals surface area (Å²) in [6.07, 6.45) is 0.202. The second kappa shape index (κ2) is 5.19. The minimum Gasteiger partial charge on any atom is -1.00 e. The molecule has 0 N–H and O–H groups in total. The van der Waals surface area contributed by atoms with Crippen molar-refractivity contribution < 1.29 is 45.0 Å². The van der Waals surface area contributed by atoms with Crippen LogP contribution in [0.4, 0.5) is 4.39 Å². The van der Waals surface area contributed by atoms with Gasteiger partial charge >= 0.3 is 29.6 Å². The van der Waals surface area contributed by atoms with E-state index >= 15 is 0 Å². The normalized spacial score (nSPS) is 8.42. The third kappa shape index (κ3) is 2.85. The predicted octanol–water partition coefficient (Wildman–Crippen LogP) is -1.68. The average molecular weight is 176 g/mol. The third-order valence-corrected chi connectivity index (χ3v) is 1.24. The number of benzene rings is 1. The molecule has 1 rings (SSSR count). The third-order valence-electron chi connectivity index (χ3n) is 1.24. The van der Waals surface area contributed by atoms with Gasteiger partial charge in [-0.25, -0.2) is 4.39 Å². The molecule has 0 saturated carbocycles. The van der Waals surface area contributed by atoms with Crippen molar-refractivity contribution in [3.05, 3.63) is 35.6 Å². The number of hydrogen-bond donors (Lipinski definition) is 0. The van der Waals surface area contributed by atoms with E-state index in [0.717, 1.165) is 12.1 Å². The maximum Gasteiger partial charge on any atom is 1.00 e. The Bertz CT molecular complexity index is 287. The number of hydrogen-bond acceptors (Lipinski definition) is 2. The Kier molecular flexibility index (Phi) is 4.97. The van der Waals surface area contributed by atoms with Crippen LogP contribution in [-0.2, 0) is 4.79 Å². The van der Waals surface area contributed by atoms with Gasteiger partial charge in [-0.1, -0.05) is 0 Å². The quantitative estimate of drug-likeness (QED) is 0.233. The molecule has 0 atom stereocenters. The molecule has 0 aromatic heterocycles. The summed E-state index contributed by atoms with van der Waals surface area (Å²) in [5.74, 6) is -1.06. The fraction of sp³-hybridized carbons (Fsp3) is 0. The molecule has 0 unspecified atom stereocenters. The molecule has 0 saturated heterocycles. The van der Waals surface area contributed by atoms with Gasteiger partial charge in [0, 0.05) is 5.56 Å². The molecule has 4 heteroatoms. The summed E-state index contributed by atoms with van der Waals surface area (Å²) in [5, 5.41) is 0. The van der Waals surface area contributed by atoms with Crippen LogP contribution in [0.2, 0.25) is 0 Å². The van der Waals surface area contributed by atoms with Gasteiger partial charge in [-0.05, 0) is 24.3 Å². The van der Waals surface area contributed by atoms with Crippen molar-refractivity contribution >= 4 is 12.1 Å². The van der Waals surface area contributed by atoms with Gasteiger partial charge in [-0.2, -0.15) is 0 Å². The molecule has 0 aliphatic rings. The van der Waals surface area contributed by atoms with E-state index in [1.807, 2.05) is 0 Å². The second-order valence-electron chi connectivity index (χ2n) is 1.99. The molecule has 0 aliphatic carbocycles. The molecule has 0 radical (unpaired) electrons. The predicted molar refractivity (Wildman–Crippen MR) is 37.9 cm³/mol. The first kappa shape index (κ1) is 11.5. The largest absolute Gasteiger partial charge is 1.00 e. The molecule has 2 nitrogen and oxygen atoms in total. The summed E-state index contributed by atoms with van der Waals surface area (Å²) in [6.45, 7) is 0. The van der Waals surface area contributed by atoms with E-state index in [2.05, 4.69) is 0 Å². The Hall–Kier alpha value is -0.510. The summed E-state index contributed by atoms with van der Waals surface area (Å²) in [6, 6.07) is 4.81. The fourth-order valence-electron chi connectivity index (χ4n) is 0.682. The van der Waals surface area contributed by atoms with E-state index in [-0.39, 0.29) is 42.8 Å². The Labute approximate surface area is 92.5 Å². The molecular formula is C8H6FNaO2. The van der Waals surface area contributed by atoms with Gasteiger partial charge in [-0.15, -0.1) is 0 Å². The van der Waals surface area contributed by atoms with Crippen molar-refractivity contribution in [2.75, 3.05) is 0 Å². The standard InChI is InChI=1S/C8H5FO2.Na.H/c9-7-3-1-6(2-4-7)8(11)5-10;;/h1-5H;;/q;+1;-1. The summed E-state index contributed by atoms with van der Waals surface area (Å²) in [5.41, 5.74) is 0.210. The number of aldehydes is 1. The molecule has 0 fully saturated rings. The molecule has 1 aromatic carbocycles. The molecule has 0 amide bonds. The number of ketones is 1. The van der Waals surface area contributed by atoms with Crippen LogP contribution in [0.5, 0.6) is 0 Å². The summed E-state index contributed by atoms with van der Waals surface area (Å²) in [7, 11) is 0. The van der Waals surface area contributed by atoms with Crippen LogP contribution in [0.25, 0.3) is 0 Å². The maximum absolute atomic E-state index is 12.3. The SMILES string of the molecule is O=CC(=O)c1ccc(F)cc1.[H-].[Na+]. The first-order chi connectivity index (χ1) is 5.24. The Morgan fingerprint density at radius 3 is 2.25 bits per heavy atom. The van der Waals surface area contributed by atoms with Crippen molar-refractivity contribution in [3.8, 4) is 0 Å². The van der Waals surface area contributed by atoms with Crippen molar-refractivity contribution in [2.24, 2.45) is 0 Å². The van der Waals surface area contributed by atoms with Gasteiger partial charge in [0.25, 0.3) is 0 Å². The summed E-state index contributed by atoms with van der Waals surface area (Å²) >= 11 is 0. The zero-order valence-corrected chi connectivity index (χ0v) is 8.58. The molecule has 0 bridgehead atoms. The van der Waals surface area contributed by atoms with Gasteiger partial charge in [0.15, 0.2) is 6.29 Å². The summed E-state index contributed by atoms with van der Waals surface area (Å²) < 4.78 is 12.3. The smallest absolute Gasteiger partial charge is 1.00 e. The Morgan fingerprint density at radius 2 is 1.83 bits per heavy atom. The van der Waals surface area contributed by atoms with Crippen molar-refractivity contribution in [2.45, 2.75) is 0 Å². The van der Waals surface area contributed by atoms with Gasteiger partial charge in [-0.3, -0.25) is 9.59 Å². The van der Waals surface area contributed by atoms with Gasteiger partial charge in [0.05, 0.1) is 0 Å². The van der Waals surface area contributed by atoms with E-state index in [1.54, 1.807) is 0 Å². The number of carbonyl (C=O) groups is 2.